The van der Waals surface area contributed by atoms with Gasteiger partial charge in [-0.3, -0.25) is 4.68 Å². The summed E-state index contributed by atoms with van der Waals surface area (Å²) in [4.78, 5) is 0. The van der Waals surface area contributed by atoms with Gasteiger partial charge in [-0.05, 0) is 42.5 Å². The van der Waals surface area contributed by atoms with E-state index in [0.29, 0.717) is 0 Å². The van der Waals surface area contributed by atoms with E-state index in [1.54, 1.807) is 0 Å². The maximum absolute atomic E-state index is 4.60. The summed E-state index contributed by atoms with van der Waals surface area (Å²) in [5, 5.41) is 8.20. The molecule has 0 aliphatic heterocycles. The Labute approximate surface area is 121 Å². The Kier molecular flexibility index (Phi) is 3.88. The monoisotopic (exact) mass is 269 g/mol. The van der Waals surface area contributed by atoms with Crippen LogP contribution in [0.2, 0.25) is 0 Å². The molecule has 1 N–H and O–H groups in total. The highest BCUT2D eigenvalue weighted by Crippen LogP contribution is 2.40. The average Bonchev–Trinajstić information content (AvgIpc) is 2.81. The van der Waals surface area contributed by atoms with E-state index in [9.17, 15) is 0 Å². The molecule has 1 aliphatic carbocycles. The van der Waals surface area contributed by atoms with Crippen molar-refractivity contribution in [2.24, 2.45) is 7.05 Å². The highest BCUT2D eigenvalue weighted by molar-refractivity contribution is 5.38. The van der Waals surface area contributed by atoms with E-state index in [4.69, 9.17) is 0 Å². The van der Waals surface area contributed by atoms with Gasteiger partial charge in [-0.25, -0.2) is 0 Å². The van der Waals surface area contributed by atoms with E-state index in [1.165, 1.54) is 30.4 Å². The second-order valence-electron chi connectivity index (χ2n) is 5.66. The van der Waals surface area contributed by atoms with E-state index in [0.717, 1.165) is 18.2 Å². The SMILES string of the molecule is CCNC(c1ccn(C)n1)c1ccccc1C1CCC1. The summed E-state index contributed by atoms with van der Waals surface area (Å²) in [6, 6.07) is 11.2. The fraction of sp³-hybridized carbons (Fsp3) is 0.471. The van der Waals surface area contributed by atoms with Crippen LogP contribution in [0.4, 0.5) is 0 Å². The zero-order valence-electron chi connectivity index (χ0n) is 12.3. The molecule has 3 rings (SSSR count). The zero-order chi connectivity index (χ0) is 13.9. The lowest BCUT2D eigenvalue weighted by Crippen LogP contribution is -2.25. The van der Waals surface area contributed by atoms with Gasteiger partial charge in [0.25, 0.3) is 0 Å². The number of hydrogen-bond acceptors (Lipinski definition) is 2. The summed E-state index contributed by atoms with van der Waals surface area (Å²) < 4.78 is 1.88. The molecule has 1 atom stereocenters. The first kappa shape index (κ1) is 13.4. The molecule has 1 aromatic heterocycles. The van der Waals surface area contributed by atoms with E-state index in [-0.39, 0.29) is 6.04 Å². The number of rotatable bonds is 5. The topological polar surface area (TPSA) is 29.9 Å². The highest BCUT2D eigenvalue weighted by atomic mass is 15.3. The summed E-state index contributed by atoms with van der Waals surface area (Å²) >= 11 is 0. The van der Waals surface area contributed by atoms with Crippen molar-refractivity contribution in [1.82, 2.24) is 15.1 Å². The van der Waals surface area contributed by atoms with Crippen LogP contribution in [0.1, 0.15) is 55.0 Å². The maximum Gasteiger partial charge on any atom is 0.0839 e. The van der Waals surface area contributed by atoms with Crippen molar-refractivity contribution in [1.29, 1.82) is 0 Å². The molecule has 0 radical (unpaired) electrons. The van der Waals surface area contributed by atoms with Crippen molar-refractivity contribution in [3.8, 4) is 0 Å². The number of nitrogens with one attached hydrogen (secondary N) is 1. The number of benzene rings is 1. The predicted octanol–water partition coefficient (Wildman–Crippen LogP) is 3.39. The zero-order valence-corrected chi connectivity index (χ0v) is 12.3. The maximum atomic E-state index is 4.60. The molecular formula is C17H23N3. The van der Waals surface area contributed by atoms with Crippen molar-refractivity contribution in [3.63, 3.8) is 0 Å². The van der Waals surface area contributed by atoms with E-state index >= 15 is 0 Å². The molecule has 1 aliphatic rings. The molecule has 3 nitrogen and oxygen atoms in total. The predicted molar refractivity (Wildman–Crippen MR) is 81.8 cm³/mol. The third kappa shape index (κ3) is 2.50. The van der Waals surface area contributed by atoms with Gasteiger partial charge < -0.3 is 5.32 Å². The molecule has 1 saturated carbocycles. The van der Waals surface area contributed by atoms with Gasteiger partial charge in [0.2, 0.25) is 0 Å². The minimum absolute atomic E-state index is 0.206. The van der Waals surface area contributed by atoms with Crippen molar-refractivity contribution < 1.29 is 0 Å². The van der Waals surface area contributed by atoms with Crippen LogP contribution in [0, 0.1) is 0 Å². The van der Waals surface area contributed by atoms with Crippen molar-refractivity contribution in [3.05, 3.63) is 53.3 Å². The van der Waals surface area contributed by atoms with Gasteiger partial charge in [-0.15, -0.1) is 0 Å². The number of hydrogen-bond donors (Lipinski definition) is 1. The normalized spacial score (nSPS) is 16.9. The minimum Gasteiger partial charge on any atom is -0.305 e. The molecule has 20 heavy (non-hydrogen) atoms. The fourth-order valence-corrected chi connectivity index (χ4v) is 3.03. The molecule has 0 bridgehead atoms. The smallest absolute Gasteiger partial charge is 0.0839 e. The van der Waals surface area contributed by atoms with Crippen LogP contribution in [-0.2, 0) is 7.05 Å². The second kappa shape index (κ2) is 5.80. The first-order valence-electron chi connectivity index (χ1n) is 7.61. The Hall–Kier alpha value is -1.61. The van der Waals surface area contributed by atoms with Gasteiger partial charge in [0.1, 0.15) is 0 Å². The lowest BCUT2D eigenvalue weighted by Gasteiger charge is -2.30. The molecule has 1 unspecified atom stereocenters. The van der Waals surface area contributed by atoms with Crippen LogP contribution in [0.5, 0.6) is 0 Å². The quantitative estimate of drug-likeness (QED) is 0.901. The van der Waals surface area contributed by atoms with Crippen LogP contribution in [-0.4, -0.2) is 16.3 Å². The largest absolute Gasteiger partial charge is 0.305 e. The average molecular weight is 269 g/mol. The van der Waals surface area contributed by atoms with Gasteiger partial charge in [0.15, 0.2) is 0 Å². The summed E-state index contributed by atoms with van der Waals surface area (Å²) in [5.41, 5.74) is 4.02. The standard InChI is InChI=1S/C17H23N3/c1-3-18-17(16-11-12-20(2)19-16)15-10-5-4-9-14(15)13-7-6-8-13/h4-5,9-13,17-18H,3,6-8H2,1-2H3. The molecule has 0 saturated heterocycles. The number of aryl methyl sites for hydroxylation is 1. The minimum atomic E-state index is 0.206. The first-order valence-corrected chi connectivity index (χ1v) is 7.61. The van der Waals surface area contributed by atoms with Crippen molar-refractivity contribution in [2.45, 2.75) is 38.1 Å². The summed E-state index contributed by atoms with van der Waals surface area (Å²) in [6.45, 7) is 3.10. The summed E-state index contributed by atoms with van der Waals surface area (Å²) in [6.07, 6.45) is 6.05. The Morgan fingerprint density at radius 2 is 2.10 bits per heavy atom. The molecular weight excluding hydrogens is 246 g/mol. The number of aromatic nitrogens is 2. The second-order valence-corrected chi connectivity index (χ2v) is 5.66. The van der Waals surface area contributed by atoms with Crippen LogP contribution in [0.3, 0.4) is 0 Å². The molecule has 3 heteroatoms. The van der Waals surface area contributed by atoms with Gasteiger partial charge in [-0.2, -0.15) is 5.10 Å². The van der Waals surface area contributed by atoms with Crippen LogP contribution in [0.25, 0.3) is 0 Å². The Morgan fingerprint density at radius 1 is 1.30 bits per heavy atom. The third-order valence-corrected chi connectivity index (χ3v) is 4.29. The highest BCUT2D eigenvalue weighted by Gasteiger charge is 2.26. The van der Waals surface area contributed by atoms with Gasteiger partial charge in [0.05, 0.1) is 11.7 Å². The molecule has 2 aromatic rings. The molecule has 106 valence electrons. The van der Waals surface area contributed by atoms with Crippen LogP contribution >= 0.6 is 0 Å². The molecule has 1 heterocycles. The van der Waals surface area contributed by atoms with Gasteiger partial charge >= 0.3 is 0 Å². The van der Waals surface area contributed by atoms with Crippen molar-refractivity contribution in [2.75, 3.05) is 6.54 Å². The molecule has 0 spiro atoms. The molecule has 1 aromatic carbocycles. The van der Waals surface area contributed by atoms with E-state index < -0.39 is 0 Å². The summed E-state index contributed by atoms with van der Waals surface area (Å²) in [5.74, 6) is 0.746. The van der Waals surface area contributed by atoms with E-state index in [2.05, 4.69) is 47.7 Å². The Morgan fingerprint density at radius 3 is 2.70 bits per heavy atom. The van der Waals surface area contributed by atoms with Crippen molar-refractivity contribution >= 4 is 0 Å². The first-order chi connectivity index (χ1) is 9.79. The Balaban J connectivity index is 1.98. The lowest BCUT2D eigenvalue weighted by molar-refractivity contribution is 0.414. The fourth-order valence-electron chi connectivity index (χ4n) is 3.03. The van der Waals surface area contributed by atoms with Gasteiger partial charge in [-0.1, -0.05) is 37.6 Å². The lowest BCUT2D eigenvalue weighted by atomic mass is 9.77. The molecule has 1 fully saturated rings. The Bertz CT molecular complexity index is 569. The van der Waals surface area contributed by atoms with Gasteiger partial charge in [0, 0.05) is 13.2 Å². The number of nitrogens with zero attached hydrogens (tertiary/aromatic N) is 2. The van der Waals surface area contributed by atoms with E-state index in [1.807, 2.05) is 17.9 Å². The van der Waals surface area contributed by atoms with Crippen LogP contribution < -0.4 is 5.32 Å². The third-order valence-electron chi connectivity index (χ3n) is 4.29. The molecule has 0 amide bonds. The van der Waals surface area contributed by atoms with Crippen LogP contribution in [0.15, 0.2) is 36.5 Å². The summed E-state index contributed by atoms with van der Waals surface area (Å²) in [7, 11) is 1.98.